The minimum absolute atomic E-state index is 0.0155. The molecule has 10 rings (SSSR count). The lowest BCUT2D eigenvalue weighted by Crippen LogP contribution is -2.36. The van der Waals surface area contributed by atoms with Gasteiger partial charge in [0.25, 0.3) is 25.6 Å². The lowest BCUT2D eigenvalue weighted by atomic mass is 10.1. The van der Waals surface area contributed by atoms with Crippen molar-refractivity contribution >= 4 is 89.0 Å². The van der Waals surface area contributed by atoms with E-state index < -0.39 is 63.2 Å². The van der Waals surface area contributed by atoms with E-state index in [1.807, 2.05) is 72.8 Å². The van der Waals surface area contributed by atoms with E-state index in [0.717, 1.165) is 49.2 Å². The fourth-order valence-electron chi connectivity index (χ4n) is 13.1. The van der Waals surface area contributed by atoms with Crippen molar-refractivity contribution in [3.05, 3.63) is 255 Å². The van der Waals surface area contributed by atoms with E-state index in [1.165, 1.54) is 39.1 Å². The number of ether oxygens (including phenoxy) is 5. The van der Waals surface area contributed by atoms with Crippen molar-refractivity contribution in [2.24, 2.45) is 0 Å². The molecular formula is C96H132N8O24P4. The Labute approximate surface area is 786 Å². The molecule has 0 saturated heterocycles. The molecule has 5 aromatic heterocycles. The highest BCUT2D eigenvalue weighted by atomic mass is 31.2. The van der Waals surface area contributed by atoms with Gasteiger partial charge in [-0.2, -0.15) is 0 Å². The van der Waals surface area contributed by atoms with Gasteiger partial charge in [0.1, 0.15) is 84.7 Å². The summed E-state index contributed by atoms with van der Waals surface area (Å²) in [6.45, 7) is 66.8. The Bertz CT molecular complexity index is 5500. The SMILES string of the molecule is [2H]OCC(COCc1ccc2ccc(=O)oc2c1)OP(OCC[N+]#[C-])N(C(C)C)C(C)C.[2H]OCCOCCOCC(COCc1ccc2ccc(=O)oc2c1)OP(OCC[N+]#[C-])N(C(C)C)C(C)C.[3H]C.[3H]C.[C-]#[N+]CCOP(OCc1coc2cc3oc(=O)ccc3cc12)N(C(C)C)C(C)C.[C-]#[N+]CCOP(Oc1cccc(OCc2ccc3ccc(=O)oc3c2)c1)N(C(C)C)C(C)C. The number of aliphatic hydroxyl groups is 2. The van der Waals surface area contributed by atoms with Crippen LogP contribution in [0.4, 0.5) is 0 Å². The summed E-state index contributed by atoms with van der Waals surface area (Å²) in [6.07, 6.45) is 0.692. The van der Waals surface area contributed by atoms with Gasteiger partial charge in [0.2, 0.25) is 29.0 Å². The Hall–Kier alpha value is -8.92. The molecule has 720 valence electrons. The molecule has 10 aromatic rings. The second kappa shape index (κ2) is 61.1. The molecule has 0 fully saturated rings. The molecule has 0 aliphatic rings. The monoisotopic (exact) mass is 1910 g/mol. The van der Waals surface area contributed by atoms with Gasteiger partial charge in [-0.1, -0.05) is 57.3 Å². The predicted molar refractivity (Wildman–Crippen MR) is 520 cm³/mol. The van der Waals surface area contributed by atoms with Crippen LogP contribution in [0.3, 0.4) is 0 Å². The highest BCUT2D eigenvalue weighted by Gasteiger charge is 2.34. The summed E-state index contributed by atoms with van der Waals surface area (Å²) in [4.78, 5) is 59.4. The molecule has 6 atom stereocenters. The zero-order valence-electron chi connectivity index (χ0n) is 82.9. The molecule has 0 radical (unpaired) electrons. The number of fused-ring (bicyclic) bond motifs is 5. The fourth-order valence-corrected chi connectivity index (χ4v) is 19.6. The minimum atomic E-state index is -1.47. The topological polar surface area (TPSA) is 325 Å². The normalized spacial score (nSPS) is 13.3. The van der Waals surface area contributed by atoms with E-state index >= 15 is 0 Å². The fraction of sp³-hybridized carbons (Fsp3) is 0.500. The van der Waals surface area contributed by atoms with Crippen molar-refractivity contribution in [1.82, 2.24) is 18.7 Å². The first-order valence-electron chi connectivity index (χ1n) is 45.8. The van der Waals surface area contributed by atoms with Crippen molar-refractivity contribution in [2.45, 2.75) is 213 Å². The first kappa shape index (κ1) is 107. The second-order valence-corrected chi connectivity index (χ2v) is 37.2. The maximum absolute atomic E-state index is 11.6. The van der Waals surface area contributed by atoms with Gasteiger partial charge in [-0.05, 0) is 188 Å². The minimum Gasteiger partial charge on any atom is -0.489 e. The van der Waals surface area contributed by atoms with Crippen LogP contribution in [0.1, 0.15) is 151 Å². The third-order valence-electron chi connectivity index (χ3n) is 18.5. The first-order valence-corrected chi connectivity index (χ1v) is 47.6. The van der Waals surface area contributed by atoms with Crippen LogP contribution in [0.25, 0.3) is 74.2 Å². The molecule has 0 amide bonds. The average Bonchev–Trinajstić information content (AvgIpc) is 1.63. The number of furan rings is 1. The summed E-state index contributed by atoms with van der Waals surface area (Å²) in [5.41, 5.74) is 4.58. The summed E-state index contributed by atoms with van der Waals surface area (Å²) in [6, 6.07) is 41.9. The Morgan fingerprint density at radius 1 is 0.386 bits per heavy atom. The Morgan fingerprint density at radius 3 is 1.21 bits per heavy atom. The molecule has 0 aliphatic heterocycles. The summed E-state index contributed by atoms with van der Waals surface area (Å²) in [7, 11) is -3.15. The largest absolute Gasteiger partial charge is 0.489 e. The maximum atomic E-state index is 11.6. The van der Waals surface area contributed by atoms with Crippen LogP contribution in [0.2, 0.25) is 0 Å². The molecule has 132 heavy (non-hydrogen) atoms. The molecule has 0 saturated carbocycles. The Kier molecular flexibility index (Phi) is 49.5. The molecule has 0 bridgehead atoms. The number of nitrogens with zero attached hydrogens (tertiary/aromatic N) is 8. The van der Waals surface area contributed by atoms with Crippen molar-refractivity contribution < 1.29 is 94.9 Å². The third kappa shape index (κ3) is 38.5. The molecule has 36 heteroatoms. The first-order chi connectivity index (χ1) is 65.5. The standard InChI is InChI=1S/C26H39N2O8P.C25H29N2O5P.C22H31N2O6P.C21H25N2O5P.2CH4/c1-20(2)28(21(3)4)37(34-12-10-27-5)36-24(18-32-15-14-31-13-11-29)19-33-17-22-6-7-23-8-9-26(30)35-25(23)16-22;1-18(2)27(19(3)4)33(30-14-13-26-5)32-23-8-6-7-22(16-23)29-17-20-9-10-21-11-12-25(28)31-24(21)15-20;1-16(2)24(17(3)4)31(28-11-10-23-5)30-20(13-25)15-27-14-18-6-7-19-8-9-22(26)29-21(19)12-18;1-14(2)23(15(3)4)29(26-9-8-22-5)27-13-17-12-25-20-11-19-16(10-18(17)20)6-7-21(24)28-19;;/h6-9,16,20-21,24,29H,10-15,17-19H2,1-4H3;6-12,15-16,18-19H,13-14,17H2,1-4H3;6-9,12,16-17,20,25H,10-11,13-15H2,1-4H3;6-7,10-12,14-15H,8-9,13H2,1-4H3;2*1H4/i29D;;25D;;2*1T. The molecule has 5 heterocycles. The average molecular weight is 1910 g/mol. The molecular weight excluding hydrogens is 1770 g/mol. The lowest BCUT2D eigenvalue weighted by molar-refractivity contribution is -0.0324. The van der Waals surface area contributed by atoms with Crippen LogP contribution in [-0.2, 0) is 77.0 Å². The highest BCUT2D eigenvalue weighted by Crippen LogP contribution is 2.51. The van der Waals surface area contributed by atoms with Crippen LogP contribution < -0.4 is 31.8 Å². The molecule has 6 unspecified atom stereocenters. The van der Waals surface area contributed by atoms with Gasteiger partial charge in [0.05, 0.1) is 78.9 Å². The van der Waals surface area contributed by atoms with E-state index in [1.54, 1.807) is 48.7 Å². The summed E-state index contributed by atoms with van der Waals surface area (Å²) >= 11 is 0. The number of aliphatic hydroxyl groups excluding tert-OH is 2. The third-order valence-corrected chi connectivity index (χ3v) is 27.0. The van der Waals surface area contributed by atoms with Crippen LogP contribution in [-0.4, -0.2) is 198 Å². The van der Waals surface area contributed by atoms with Gasteiger partial charge < -0.3 is 112 Å². The van der Waals surface area contributed by atoms with E-state index in [9.17, 15) is 19.2 Å². The van der Waals surface area contributed by atoms with Crippen LogP contribution >= 0.6 is 34.1 Å². The Morgan fingerprint density at radius 2 is 0.765 bits per heavy atom. The van der Waals surface area contributed by atoms with Gasteiger partial charge in [-0.15, -0.1) is 0 Å². The van der Waals surface area contributed by atoms with Gasteiger partial charge in [0.15, 0.2) is 0 Å². The van der Waals surface area contributed by atoms with Crippen molar-refractivity contribution in [3.8, 4) is 11.5 Å². The Balaban J connectivity index is 0.000000317. The number of hydrogen-bond acceptors (Lipinski definition) is 28. The zero-order valence-corrected chi connectivity index (χ0v) is 82.5. The van der Waals surface area contributed by atoms with Crippen LogP contribution in [0, 0.1) is 26.3 Å². The number of hydrogen-bond donors (Lipinski definition) is 2. The van der Waals surface area contributed by atoms with Gasteiger partial charge in [0, 0.05) is 120 Å². The lowest BCUT2D eigenvalue weighted by Gasteiger charge is -2.37. The van der Waals surface area contributed by atoms with Crippen LogP contribution in [0.15, 0.2) is 187 Å². The van der Waals surface area contributed by atoms with E-state index in [0.29, 0.717) is 105 Å². The zero-order chi connectivity index (χ0) is 100. The smallest absolute Gasteiger partial charge is 0.336 e. The second-order valence-electron chi connectivity index (χ2n) is 31.5. The van der Waals surface area contributed by atoms with E-state index in [-0.39, 0.29) is 120 Å². The van der Waals surface area contributed by atoms with Crippen molar-refractivity contribution in [2.75, 3.05) is 105 Å². The summed E-state index contributed by atoms with van der Waals surface area (Å²) in [5.74, 6) is 1.29. The van der Waals surface area contributed by atoms with Gasteiger partial charge >= 0.3 is 31.0 Å². The molecule has 5 aromatic carbocycles. The predicted octanol–water partition coefficient (Wildman–Crippen LogP) is 20.6. The quantitative estimate of drug-likeness (QED) is 0.0155. The molecule has 0 spiro atoms. The van der Waals surface area contributed by atoms with E-state index in [4.69, 9.17) is 114 Å². The summed E-state index contributed by atoms with van der Waals surface area (Å²) < 4.78 is 138. The highest BCUT2D eigenvalue weighted by molar-refractivity contribution is 7.45. The number of benzene rings is 5. The van der Waals surface area contributed by atoms with Crippen molar-refractivity contribution in [1.29, 1.82) is 2.86 Å². The molecule has 2 N–H and O–H groups in total. The maximum Gasteiger partial charge on any atom is 0.336 e. The molecule has 0 aliphatic carbocycles. The van der Waals surface area contributed by atoms with Gasteiger partial charge in [-0.3, -0.25) is 0 Å². The van der Waals surface area contributed by atoms with E-state index in [2.05, 4.69) is 159 Å². The van der Waals surface area contributed by atoms with Crippen LogP contribution in [0.5, 0.6) is 11.5 Å². The van der Waals surface area contributed by atoms with Crippen molar-refractivity contribution in [3.63, 3.8) is 0 Å². The number of rotatable bonds is 54. The van der Waals surface area contributed by atoms with Gasteiger partial charge in [-0.25, -0.2) is 64.1 Å². The summed E-state index contributed by atoms with van der Waals surface area (Å²) in [5, 5.41) is 13.1. The molecule has 32 nitrogen and oxygen atoms in total.